The molecule has 1 aliphatic carbocycles. The number of carbonyl (C=O) groups is 2. The molecular formula is C28H36Cl2N2O4. The van der Waals surface area contributed by atoms with Gasteiger partial charge < -0.3 is 19.7 Å². The van der Waals surface area contributed by atoms with Crippen LogP contribution in [0.3, 0.4) is 0 Å². The van der Waals surface area contributed by atoms with Crippen LogP contribution in [0.4, 0.5) is 0 Å². The van der Waals surface area contributed by atoms with Crippen molar-refractivity contribution in [2.24, 2.45) is 0 Å². The van der Waals surface area contributed by atoms with Gasteiger partial charge in [0.2, 0.25) is 11.8 Å². The first-order chi connectivity index (χ1) is 17.3. The van der Waals surface area contributed by atoms with E-state index in [1.807, 2.05) is 32.0 Å². The fourth-order valence-corrected chi connectivity index (χ4v) is 4.94. The summed E-state index contributed by atoms with van der Waals surface area (Å²) in [7, 11) is 1.55. The minimum atomic E-state index is -0.919. The molecule has 0 unspecified atom stereocenters. The van der Waals surface area contributed by atoms with E-state index in [2.05, 4.69) is 5.32 Å². The summed E-state index contributed by atoms with van der Waals surface area (Å²) in [6.07, 6.45) is 6.31. The Morgan fingerprint density at radius 1 is 1.06 bits per heavy atom. The van der Waals surface area contributed by atoms with Crippen molar-refractivity contribution in [3.8, 4) is 11.5 Å². The molecule has 1 fully saturated rings. The lowest BCUT2D eigenvalue weighted by atomic mass is 10.0. The minimum Gasteiger partial charge on any atom is -0.493 e. The number of nitrogens with one attached hydrogen (secondary N) is 1. The molecule has 196 valence electrons. The summed E-state index contributed by atoms with van der Waals surface area (Å²) >= 11 is 12.5. The van der Waals surface area contributed by atoms with E-state index >= 15 is 0 Å². The Morgan fingerprint density at radius 3 is 2.36 bits per heavy atom. The second-order valence-corrected chi connectivity index (χ2v) is 10.1. The van der Waals surface area contributed by atoms with Gasteiger partial charge in [-0.25, -0.2) is 0 Å². The van der Waals surface area contributed by atoms with E-state index in [0.717, 1.165) is 31.2 Å². The molecule has 2 amide bonds. The van der Waals surface area contributed by atoms with E-state index in [1.54, 1.807) is 31.4 Å². The highest BCUT2D eigenvalue weighted by Gasteiger charge is 2.33. The summed E-state index contributed by atoms with van der Waals surface area (Å²) in [5.41, 5.74) is 1.34. The first-order valence-electron chi connectivity index (χ1n) is 12.6. The molecule has 6 nitrogen and oxygen atoms in total. The van der Waals surface area contributed by atoms with E-state index in [1.165, 1.54) is 17.7 Å². The number of hydrogen-bond acceptors (Lipinski definition) is 4. The van der Waals surface area contributed by atoms with Gasteiger partial charge in [-0.2, -0.15) is 0 Å². The van der Waals surface area contributed by atoms with Crippen molar-refractivity contribution in [2.75, 3.05) is 13.0 Å². The van der Waals surface area contributed by atoms with Crippen LogP contribution in [0, 0.1) is 0 Å². The van der Waals surface area contributed by atoms with Crippen molar-refractivity contribution in [1.82, 2.24) is 10.2 Å². The van der Waals surface area contributed by atoms with Gasteiger partial charge in [-0.15, -0.1) is 11.6 Å². The van der Waals surface area contributed by atoms with Crippen molar-refractivity contribution in [3.63, 3.8) is 0 Å². The van der Waals surface area contributed by atoms with Gasteiger partial charge in [0.05, 0.1) is 13.2 Å². The van der Waals surface area contributed by atoms with Crippen LogP contribution in [0.25, 0.3) is 0 Å². The monoisotopic (exact) mass is 534 g/mol. The molecule has 1 aliphatic rings. The maximum atomic E-state index is 13.9. The van der Waals surface area contributed by atoms with Crippen molar-refractivity contribution >= 4 is 35.0 Å². The average molecular weight is 536 g/mol. The number of amides is 2. The maximum Gasteiger partial charge on any atom is 0.247 e. The quantitative estimate of drug-likeness (QED) is 0.287. The Kier molecular flexibility index (Phi) is 10.7. The fraction of sp³-hybridized carbons (Fsp3) is 0.500. The van der Waals surface area contributed by atoms with Gasteiger partial charge in [0.25, 0.3) is 0 Å². The van der Waals surface area contributed by atoms with Crippen molar-refractivity contribution in [2.45, 2.75) is 77.1 Å². The molecule has 0 heterocycles. The highest BCUT2D eigenvalue weighted by Crippen LogP contribution is 2.34. The summed E-state index contributed by atoms with van der Waals surface area (Å²) in [6.45, 7) is 4.00. The van der Waals surface area contributed by atoms with E-state index in [-0.39, 0.29) is 36.4 Å². The van der Waals surface area contributed by atoms with E-state index in [0.29, 0.717) is 22.1 Å². The van der Waals surface area contributed by atoms with Crippen LogP contribution in [0.2, 0.25) is 5.02 Å². The molecule has 0 radical (unpaired) electrons. The van der Waals surface area contributed by atoms with Crippen LogP contribution in [0.5, 0.6) is 11.5 Å². The topological polar surface area (TPSA) is 67.9 Å². The third-order valence-electron chi connectivity index (χ3n) is 6.36. The highest BCUT2D eigenvalue weighted by atomic mass is 35.5. The smallest absolute Gasteiger partial charge is 0.247 e. The molecule has 1 atom stereocenters. The summed E-state index contributed by atoms with van der Waals surface area (Å²) in [4.78, 5) is 28.5. The average Bonchev–Trinajstić information content (AvgIpc) is 3.13. The number of halogens is 2. The Hall–Kier alpha value is -2.44. The maximum absolute atomic E-state index is 13.9. The second kappa shape index (κ2) is 13.8. The molecule has 0 aliphatic heterocycles. The Morgan fingerprint density at radius 2 is 1.75 bits per heavy atom. The first-order valence-corrected chi connectivity index (χ1v) is 13.5. The molecule has 1 N–H and O–H groups in total. The molecule has 0 bridgehead atoms. The number of carbonyl (C=O) groups excluding carboxylic acids is 2. The third-order valence-corrected chi connectivity index (χ3v) is 6.96. The summed E-state index contributed by atoms with van der Waals surface area (Å²) in [6, 6.07) is 11.8. The minimum absolute atomic E-state index is 0.0476. The standard InChI is InChI=1S/C28H36Cl2N2O4/c1-19(2)36-24-15-14-20(16-25(24)35-3)27(28(34)31-22-11-6-4-5-7-12-22)32(26(33)17-29)18-21-10-8-9-13-23(21)30/h8-10,13-16,19,22,27H,4-7,11-12,17-18H2,1-3H3,(H,31,34)/t27-/m1/s1. The largest absolute Gasteiger partial charge is 0.493 e. The predicted octanol–water partition coefficient (Wildman–Crippen LogP) is 6.28. The van der Waals surface area contributed by atoms with E-state index in [9.17, 15) is 9.59 Å². The molecule has 0 aromatic heterocycles. The number of nitrogens with zero attached hydrogens (tertiary/aromatic N) is 1. The van der Waals surface area contributed by atoms with E-state index in [4.69, 9.17) is 32.7 Å². The molecular weight excluding hydrogens is 499 g/mol. The zero-order valence-corrected chi connectivity index (χ0v) is 22.8. The number of benzene rings is 2. The molecule has 2 aromatic carbocycles. The summed E-state index contributed by atoms with van der Waals surface area (Å²) in [5, 5.41) is 3.74. The Balaban J connectivity index is 2.03. The van der Waals surface area contributed by atoms with Crippen molar-refractivity contribution < 1.29 is 19.1 Å². The summed E-state index contributed by atoms with van der Waals surface area (Å²) < 4.78 is 11.4. The fourth-order valence-electron chi connectivity index (χ4n) is 4.59. The second-order valence-electron chi connectivity index (χ2n) is 9.42. The van der Waals surface area contributed by atoms with Gasteiger partial charge in [0.1, 0.15) is 11.9 Å². The lowest BCUT2D eigenvalue weighted by Crippen LogP contribution is -2.46. The van der Waals surface area contributed by atoms with Crippen LogP contribution >= 0.6 is 23.2 Å². The number of methoxy groups -OCH3 is 1. The highest BCUT2D eigenvalue weighted by molar-refractivity contribution is 6.31. The van der Waals surface area contributed by atoms with Crippen molar-refractivity contribution in [1.29, 1.82) is 0 Å². The van der Waals surface area contributed by atoms with Gasteiger partial charge in [-0.05, 0) is 56.0 Å². The van der Waals surface area contributed by atoms with Gasteiger partial charge >= 0.3 is 0 Å². The summed E-state index contributed by atoms with van der Waals surface area (Å²) in [5.74, 6) is 0.194. The van der Waals surface area contributed by atoms with Crippen molar-refractivity contribution in [3.05, 3.63) is 58.6 Å². The molecule has 8 heteroatoms. The number of alkyl halides is 1. The van der Waals surface area contributed by atoms with Crippen LogP contribution in [-0.4, -0.2) is 41.8 Å². The van der Waals surface area contributed by atoms with Gasteiger partial charge in [-0.3, -0.25) is 9.59 Å². The Labute approximate surface area is 224 Å². The van der Waals surface area contributed by atoms with Crippen LogP contribution < -0.4 is 14.8 Å². The van der Waals surface area contributed by atoms with Crippen LogP contribution in [0.15, 0.2) is 42.5 Å². The normalized spacial score (nSPS) is 15.2. The lowest BCUT2D eigenvalue weighted by molar-refractivity contribution is -0.140. The molecule has 36 heavy (non-hydrogen) atoms. The molecule has 0 spiro atoms. The van der Waals surface area contributed by atoms with E-state index < -0.39 is 6.04 Å². The molecule has 1 saturated carbocycles. The van der Waals surface area contributed by atoms with Crippen LogP contribution in [-0.2, 0) is 16.1 Å². The predicted molar refractivity (Wildman–Crippen MR) is 144 cm³/mol. The molecule has 3 rings (SSSR count). The Bertz CT molecular complexity index is 1020. The van der Waals surface area contributed by atoms with Gasteiger partial charge in [0, 0.05) is 17.6 Å². The zero-order chi connectivity index (χ0) is 26.1. The number of hydrogen-bond donors (Lipinski definition) is 1. The third kappa shape index (κ3) is 7.53. The van der Waals surface area contributed by atoms with Gasteiger partial charge in [0.15, 0.2) is 11.5 Å². The number of rotatable bonds is 10. The number of ether oxygens (including phenoxy) is 2. The zero-order valence-electron chi connectivity index (χ0n) is 21.3. The lowest BCUT2D eigenvalue weighted by Gasteiger charge is -2.33. The molecule has 2 aromatic rings. The SMILES string of the molecule is COc1cc([C@H](C(=O)NC2CCCCCC2)N(Cc2ccccc2Cl)C(=O)CCl)ccc1OC(C)C. The van der Waals surface area contributed by atoms with Gasteiger partial charge in [-0.1, -0.05) is 61.5 Å². The molecule has 0 saturated heterocycles. The van der Waals surface area contributed by atoms with Crippen LogP contribution in [0.1, 0.15) is 69.5 Å². The first kappa shape index (κ1) is 28.1.